The molecule has 0 unspecified atom stereocenters. The molecule has 1 aromatic carbocycles. The smallest absolute Gasteiger partial charge is 0.306 e. The fourth-order valence-electron chi connectivity index (χ4n) is 2.78. The number of aryl methyl sites for hydroxylation is 2. The lowest BCUT2D eigenvalue weighted by molar-refractivity contribution is -0.141. The molecule has 1 aromatic rings. The Morgan fingerprint density at radius 1 is 1.30 bits per heavy atom. The fourth-order valence-corrected chi connectivity index (χ4v) is 2.78. The third kappa shape index (κ3) is 3.59. The van der Waals surface area contributed by atoms with Gasteiger partial charge in [-0.1, -0.05) is 23.8 Å². The summed E-state index contributed by atoms with van der Waals surface area (Å²) in [6, 6.07) is 6.09. The zero-order valence-corrected chi connectivity index (χ0v) is 12.0. The van der Waals surface area contributed by atoms with Crippen LogP contribution in [-0.4, -0.2) is 23.0 Å². The van der Waals surface area contributed by atoms with Crippen molar-refractivity contribution in [3.63, 3.8) is 0 Å². The number of nitrogens with one attached hydrogen (secondary N) is 1. The van der Waals surface area contributed by atoms with Crippen LogP contribution in [0.15, 0.2) is 18.2 Å². The minimum absolute atomic E-state index is 0.00807. The first kappa shape index (κ1) is 14.6. The van der Waals surface area contributed by atoms with Crippen LogP contribution in [-0.2, 0) is 16.0 Å². The van der Waals surface area contributed by atoms with Crippen molar-refractivity contribution in [1.82, 2.24) is 5.32 Å². The number of amides is 1. The molecule has 1 aliphatic rings. The van der Waals surface area contributed by atoms with Crippen molar-refractivity contribution >= 4 is 11.9 Å². The summed E-state index contributed by atoms with van der Waals surface area (Å²) in [6.45, 7) is 4.01. The molecule has 2 rings (SSSR count). The molecule has 2 N–H and O–H groups in total. The molecular formula is C16H21NO3. The molecule has 0 heterocycles. The van der Waals surface area contributed by atoms with Crippen LogP contribution in [0.4, 0.5) is 0 Å². The van der Waals surface area contributed by atoms with Gasteiger partial charge in [-0.05, 0) is 44.2 Å². The van der Waals surface area contributed by atoms with Crippen molar-refractivity contribution in [2.24, 2.45) is 5.92 Å². The largest absolute Gasteiger partial charge is 0.481 e. The number of aliphatic carboxylic acids is 1. The van der Waals surface area contributed by atoms with Gasteiger partial charge in [0.1, 0.15) is 0 Å². The second-order valence-corrected chi connectivity index (χ2v) is 5.72. The quantitative estimate of drug-likeness (QED) is 0.885. The monoisotopic (exact) mass is 275 g/mol. The molecule has 4 heteroatoms. The maximum absolute atomic E-state index is 12.0. The molecule has 1 fully saturated rings. The topological polar surface area (TPSA) is 66.4 Å². The Balaban J connectivity index is 1.90. The van der Waals surface area contributed by atoms with E-state index in [4.69, 9.17) is 5.11 Å². The van der Waals surface area contributed by atoms with Gasteiger partial charge in [-0.25, -0.2) is 0 Å². The highest BCUT2D eigenvalue weighted by Crippen LogP contribution is 2.25. The Morgan fingerprint density at radius 3 is 2.70 bits per heavy atom. The van der Waals surface area contributed by atoms with Gasteiger partial charge in [0.2, 0.25) is 5.91 Å². The van der Waals surface area contributed by atoms with Crippen molar-refractivity contribution < 1.29 is 14.7 Å². The summed E-state index contributed by atoms with van der Waals surface area (Å²) in [5.41, 5.74) is 3.29. The predicted molar refractivity (Wildman–Crippen MR) is 76.5 cm³/mol. The van der Waals surface area contributed by atoms with Crippen LogP contribution < -0.4 is 5.32 Å². The highest BCUT2D eigenvalue weighted by atomic mass is 16.4. The summed E-state index contributed by atoms with van der Waals surface area (Å²) >= 11 is 0. The lowest BCUT2D eigenvalue weighted by atomic mass is 10.0. The van der Waals surface area contributed by atoms with Gasteiger partial charge >= 0.3 is 5.97 Å². The number of rotatable bonds is 4. The molecule has 0 bridgehead atoms. The molecular weight excluding hydrogens is 254 g/mol. The van der Waals surface area contributed by atoms with Crippen LogP contribution in [0.3, 0.4) is 0 Å². The normalized spacial score (nSPS) is 21.7. The van der Waals surface area contributed by atoms with Crippen molar-refractivity contribution in [1.29, 1.82) is 0 Å². The highest BCUT2D eigenvalue weighted by molar-refractivity contribution is 5.79. The molecule has 0 aliphatic heterocycles. The van der Waals surface area contributed by atoms with Crippen LogP contribution in [0, 0.1) is 19.8 Å². The van der Waals surface area contributed by atoms with Gasteiger partial charge in [-0.3, -0.25) is 9.59 Å². The number of carboxylic acids is 1. The van der Waals surface area contributed by atoms with Crippen molar-refractivity contribution in [2.45, 2.75) is 45.6 Å². The van der Waals surface area contributed by atoms with E-state index in [-0.39, 0.29) is 17.9 Å². The van der Waals surface area contributed by atoms with Crippen LogP contribution in [0.2, 0.25) is 0 Å². The highest BCUT2D eigenvalue weighted by Gasteiger charge is 2.30. The van der Waals surface area contributed by atoms with Crippen molar-refractivity contribution in [3.05, 3.63) is 34.9 Å². The predicted octanol–water partition coefficient (Wildman–Crippen LogP) is 2.22. The molecule has 1 saturated carbocycles. The first-order chi connectivity index (χ1) is 9.45. The average molecular weight is 275 g/mol. The third-order valence-electron chi connectivity index (χ3n) is 4.00. The van der Waals surface area contributed by atoms with Crippen LogP contribution >= 0.6 is 0 Å². The average Bonchev–Trinajstić information content (AvgIpc) is 2.82. The van der Waals surface area contributed by atoms with Crippen LogP contribution in [0.5, 0.6) is 0 Å². The Labute approximate surface area is 119 Å². The number of carboxylic acid groups (broad SMARTS) is 1. The second-order valence-electron chi connectivity index (χ2n) is 5.72. The maximum Gasteiger partial charge on any atom is 0.306 e. The minimum atomic E-state index is -0.753. The molecule has 20 heavy (non-hydrogen) atoms. The van der Waals surface area contributed by atoms with Gasteiger partial charge in [0, 0.05) is 6.04 Å². The summed E-state index contributed by atoms with van der Waals surface area (Å²) in [4.78, 5) is 22.9. The molecule has 4 nitrogen and oxygen atoms in total. The number of carbonyl (C=O) groups excluding carboxylic acids is 1. The van der Waals surface area contributed by atoms with Crippen LogP contribution in [0.1, 0.15) is 36.0 Å². The number of benzene rings is 1. The van der Waals surface area contributed by atoms with Crippen molar-refractivity contribution in [3.8, 4) is 0 Å². The van der Waals surface area contributed by atoms with E-state index in [1.807, 2.05) is 32.0 Å². The molecule has 0 saturated heterocycles. The van der Waals surface area contributed by atoms with Gasteiger partial charge in [0.15, 0.2) is 0 Å². The summed E-state index contributed by atoms with van der Waals surface area (Å²) in [5, 5.41) is 11.9. The minimum Gasteiger partial charge on any atom is -0.481 e. The first-order valence-electron chi connectivity index (χ1n) is 7.04. The number of hydrogen-bond acceptors (Lipinski definition) is 2. The molecule has 0 spiro atoms. The zero-order chi connectivity index (χ0) is 14.7. The van der Waals surface area contributed by atoms with E-state index in [0.717, 1.165) is 23.1 Å². The molecule has 1 amide bonds. The molecule has 0 aromatic heterocycles. The van der Waals surface area contributed by atoms with Gasteiger partial charge in [0.25, 0.3) is 0 Å². The Kier molecular flexibility index (Phi) is 4.42. The zero-order valence-electron chi connectivity index (χ0n) is 12.0. The first-order valence-corrected chi connectivity index (χ1v) is 7.04. The number of hydrogen-bond donors (Lipinski definition) is 2. The van der Waals surface area contributed by atoms with Gasteiger partial charge < -0.3 is 10.4 Å². The molecule has 1 aliphatic carbocycles. The SMILES string of the molecule is Cc1ccc(C)c(CC(=O)N[C@H]2CC[C@@H](C(=O)O)C2)c1. The third-order valence-corrected chi connectivity index (χ3v) is 4.00. The van der Waals surface area contributed by atoms with Gasteiger partial charge in [0.05, 0.1) is 12.3 Å². The summed E-state index contributed by atoms with van der Waals surface area (Å²) in [6.07, 6.45) is 2.33. The molecule has 108 valence electrons. The van der Waals surface area contributed by atoms with Gasteiger partial charge in [-0.2, -0.15) is 0 Å². The van der Waals surface area contributed by atoms with Crippen LogP contribution in [0.25, 0.3) is 0 Å². The fraction of sp³-hybridized carbons (Fsp3) is 0.500. The summed E-state index contributed by atoms with van der Waals surface area (Å²) in [5.74, 6) is -1.08. The standard InChI is InChI=1S/C16H21NO3/c1-10-3-4-11(2)13(7-10)9-15(18)17-14-6-5-12(8-14)16(19)20/h3-4,7,12,14H,5-6,8-9H2,1-2H3,(H,17,18)(H,19,20)/t12-,14+/m1/s1. The summed E-state index contributed by atoms with van der Waals surface area (Å²) in [7, 11) is 0. The van der Waals surface area contributed by atoms with E-state index in [0.29, 0.717) is 19.3 Å². The maximum atomic E-state index is 12.0. The lowest BCUT2D eigenvalue weighted by Gasteiger charge is -2.13. The molecule has 0 radical (unpaired) electrons. The van der Waals surface area contributed by atoms with E-state index in [1.54, 1.807) is 0 Å². The van der Waals surface area contributed by atoms with E-state index < -0.39 is 5.97 Å². The lowest BCUT2D eigenvalue weighted by Crippen LogP contribution is -2.34. The second kappa shape index (κ2) is 6.07. The van der Waals surface area contributed by atoms with E-state index >= 15 is 0 Å². The Bertz CT molecular complexity index is 524. The van der Waals surface area contributed by atoms with E-state index in [2.05, 4.69) is 5.32 Å². The van der Waals surface area contributed by atoms with E-state index in [9.17, 15) is 9.59 Å². The van der Waals surface area contributed by atoms with E-state index in [1.165, 1.54) is 0 Å². The number of carbonyl (C=O) groups is 2. The molecule has 2 atom stereocenters. The Morgan fingerprint density at radius 2 is 2.05 bits per heavy atom. The Hall–Kier alpha value is -1.84. The van der Waals surface area contributed by atoms with Crippen molar-refractivity contribution in [2.75, 3.05) is 0 Å². The van der Waals surface area contributed by atoms with Gasteiger partial charge in [-0.15, -0.1) is 0 Å². The summed E-state index contributed by atoms with van der Waals surface area (Å²) < 4.78 is 0.